The molecule has 0 spiro atoms. The van der Waals surface area contributed by atoms with Crippen LogP contribution in [0.4, 0.5) is 5.95 Å². The minimum atomic E-state index is 0.0900. The van der Waals surface area contributed by atoms with E-state index in [-0.39, 0.29) is 5.91 Å². The molecule has 0 bridgehead atoms. The number of ether oxygens (including phenoxy) is 1. The second-order valence-corrected chi connectivity index (χ2v) is 4.05. The number of nitrogens with zero attached hydrogens (tertiary/aromatic N) is 4. The highest BCUT2D eigenvalue weighted by Gasteiger charge is 2.16. The molecule has 1 fully saturated rings. The maximum absolute atomic E-state index is 11.8. The molecule has 1 aromatic heterocycles. The van der Waals surface area contributed by atoms with Gasteiger partial charge in [-0.1, -0.05) is 0 Å². The Balaban J connectivity index is 1.76. The number of anilines is 1. The third kappa shape index (κ3) is 3.89. The van der Waals surface area contributed by atoms with Gasteiger partial charge < -0.3 is 15.0 Å². The van der Waals surface area contributed by atoms with E-state index in [9.17, 15) is 4.79 Å². The molecule has 7 nitrogen and oxygen atoms in total. The smallest absolute Gasteiger partial charge is 0.224 e. The highest BCUT2D eigenvalue weighted by atomic mass is 16.5. The van der Waals surface area contributed by atoms with Gasteiger partial charge in [-0.3, -0.25) is 4.79 Å². The first-order chi connectivity index (χ1) is 9.29. The van der Waals surface area contributed by atoms with Crippen LogP contribution in [-0.2, 0) is 9.53 Å². The average molecular weight is 261 g/mol. The number of rotatable bonds is 4. The highest BCUT2D eigenvalue weighted by molar-refractivity contribution is 5.76. The Labute approximate surface area is 111 Å². The predicted octanol–water partition coefficient (Wildman–Crippen LogP) is 0.00908. The fourth-order valence-corrected chi connectivity index (χ4v) is 1.76. The molecule has 0 saturated carbocycles. The first kappa shape index (κ1) is 13.2. The Kier molecular flexibility index (Phi) is 4.64. The van der Waals surface area contributed by atoms with Crippen molar-refractivity contribution >= 4 is 11.9 Å². The minimum Gasteiger partial charge on any atom is -0.378 e. The Bertz CT molecular complexity index is 479. The molecule has 2 heterocycles. The van der Waals surface area contributed by atoms with Crippen LogP contribution < -0.4 is 5.32 Å². The molecule has 0 aromatic carbocycles. The normalized spacial score (nSPS) is 14.8. The molecule has 100 valence electrons. The first-order valence-electron chi connectivity index (χ1n) is 6.12. The summed E-state index contributed by atoms with van der Waals surface area (Å²) in [6.07, 6.45) is 1.89. The van der Waals surface area contributed by atoms with Crippen LogP contribution in [0, 0.1) is 11.3 Å². The molecular formula is C12H15N5O2. The second-order valence-electron chi connectivity index (χ2n) is 4.05. The minimum absolute atomic E-state index is 0.0900. The van der Waals surface area contributed by atoms with Gasteiger partial charge in [0.2, 0.25) is 11.9 Å². The van der Waals surface area contributed by atoms with E-state index in [4.69, 9.17) is 10.00 Å². The van der Waals surface area contributed by atoms with E-state index in [1.807, 2.05) is 6.07 Å². The summed E-state index contributed by atoms with van der Waals surface area (Å²) < 4.78 is 5.19. The number of hydrogen-bond acceptors (Lipinski definition) is 6. The van der Waals surface area contributed by atoms with E-state index in [1.54, 1.807) is 4.90 Å². The van der Waals surface area contributed by atoms with Crippen LogP contribution in [0.5, 0.6) is 0 Å². The standard InChI is InChI=1S/C12H15N5O2/c13-9-10-1-3-14-12(16-10)15-4-2-11(18)17-5-7-19-8-6-17/h1,3H,2,4-8H2,(H,14,15,16). The summed E-state index contributed by atoms with van der Waals surface area (Å²) in [7, 11) is 0. The largest absolute Gasteiger partial charge is 0.378 e. The SMILES string of the molecule is N#Cc1ccnc(NCCC(=O)N2CCOCC2)n1. The maximum Gasteiger partial charge on any atom is 0.224 e. The molecule has 1 saturated heterocycles. The van der Waals surface area contributed by atoms with Crippen LogP contribution in [0.15, 0.2) is 12.3 Å². The Morgan fingerprint density at radius 1 is 1.53 bits per heavy atom. The molecule has 1 aliphatic heterocycles. The molecule has 1 N–H and O–H groups in total. The zero-order valence-corrected chi connectivity index (χ0v) is 10.5. The molecule has 0 aliphatic carbocycles. The number of amides is 1. The van der Waals surface area contributed by atoms with E-state index in [0.29, 0.717) is 50.9 Å². The lowest BCUT2D eigenvalue weighted by Gasteiger charge is -2.26. The van der Waals surface area contributed by atoms with Gasteiger partial charge in [-0.05, 0) is 6.07 Å². The molecule has 1 amide bonds. The van der Waals surface area contributed by atoms with Crippen LogP contribution in [0.2, 0.25) is 0 Å². The molecule has 7 heteroatoms. The lowest BCUT2D eigenvalue weighted by molar-refractivity contribution is -0.134. The van der Waals surface area contributed by atoms with Crippen molar-refractivity contribution < 1.29 is 9.53 Å². The Morgan fingerprint density at radius 3 is 3.05 bits per heavy atom. The van der Waals surface area contributed by atoms with Crippen molar-refractivity contribution in [3.8, 4) is 6.07 Å². The van der Waals surface area contributed by atoms with Gasteiger partial charge in [0.15, 0.2) is 0 Å². The number of carbonyl (C=O) groups excluding carboxylic acids is 1. The summed E-state index contributed by atoms with van der Waals surface area (Å²) in [5.74, 6) is 0.459. The zero-order chi connectivity index (χ0) is 13.5. The molecule has 2 rings (SSSR count). The maximum atomic E-state index is 11.8. The van der Waals surface area contributed by atoms with Crippen molar-refractivity contribution in [2.45, 2.75) is 6.42 Å². The van der Waals surface area contributed by atoms with Crippen molar-refractivity contribution in [3.63, 3.8) is 0 Å². The monoisotopic (exact) mass is 261 g/mol. The second kappa shape index (κ2) is 6.66. The summed E-state index contributed by atoms with van der Waals surface area (Å²) in [5.41, 5.74) is 0.303. The third-order valence-electron chi connectivity index (χ3n) is 2.76. The summed E-state index contributed by atoms with van der Waals surface area (Å²) >= 11 is 0. The quantitative estimate of drug-likeness (QED) is 0.821. The molecule has 1 aliphatic rings. The lowest BCUT2D eigenvalue weighted by Crippen LogP contribution is -2.41. The summed E-state index contributed by atoms with van der Waals surface area (Å²) in [4.78, 5) is 21.6. The fraction of sp³-hybridized carbons (Fsp3) is 0.500. The number of nitrogens with one attached hydrogen (secondary N) is 1. The van der Waals surface area contributed by atoms with Gasteiger partial charge in [0.1, 0.15) is 11.8 Å². The Hall–Kier alpha value is -2.20. The summed E-state index contributed by atoms with van der Waals surface area (Å²) in [6.45, 7) is 2.96. The van der Waals surface area contributed by atoms with Crippen molar-refractivity contribution in [3.05, 3.63) is 18.0 Å². The molecule has 1 aromatic rings. The summed E-state index contributed by atoms with van der Waals surface area (Å²) in [6, 6.07) is 3.47. The van der Waals surface area contributed by atoms with Gasteiger partial charge in [-0.15, -0.1) is 0 Å². The molecule has 0 radical (unpaired) electrons. The number of hydrogen-bond donors (Lipinski definition) is 1. The van der Waals surface area contributed by atoms with Gasteiger partial charge in [0, 0.05) is 32.3 Å². The van der Waals surface area contributed by atoms with Crippen molar-refractivity contribution in [2.24, 2.45) is 0 Å². The van der Waals surface area contributed by atoms with Gasteiger partial charge in [0.25, 0.3) is 0 Å². The van der Waals surface area contributed by atoms with E-state index < -0.39 is 0 Å². The highest BCUT2D eigenvalue weighted by Crippen LogP contribution is 2.02. The van der Waals surface area contributed by atoms with Gasteiger partial charge in [0.05, 0.1) is 13.2 Å². The van der Waals surface area contributed by atoms with E-state index >= 15 is 0 Å². The number of aromatic nitrogens is 2. The number of nitriles is 1. The van der Waals surface area contributed by atoms with Gasteiger partial charge >= 0.3 is 0 Å². The lowest BCUT2D eigenvalue weighted by atomic mass is 10.3. The van der Waals surface area contributed by atoms with Crippen LogP contribution in [-0.4, -0.2) is 53.6 Å². The van der Waals surface area contributed by atoms with Gasteiger partial charge in [-0.25, -0.2) is 9.97 Å². The number of morpholine rings is 1. The van der Waals surface area contributed by atoms with Crippen molar-refractivity contribution in [1.82, 2.24) is 14.9 Å². The van der Waals surface area contributed by atoms with Crippen LogP contribution >= 0.6 is 0 Å². The van der Waals surface area contributed by atoms with Crippen molar-refractivity contribution in [1.29, 1.82) is 5.26 Å². The van der Waals surface area contributed by atoms with E-state index in [0.717, 1.165) is 0 Å². The molecule has 19 heavy (non-hydrogen) atoms. The third-order valence-corrected chi connectivity index (χ3v) is 2.76. The number of carbonyl (C=O) groups is 1. The molecule has 0 atom stereocenters. The van der Waals surface area contributed by atoms with E-state index in [1.165, 1.54) is 12.3 Å². The van der Waals surface area contributed by atoms with Crippen LogP contribution in [0.25, 0.3) is 0 Å². The molecular weight excluding hydrogens is 246 g/mol. The Morgan fingerprint density at radius 2 is 2.32 bits per heavy atom. The van der Waals surface area contributed by atoms with Gasteiger partial charge in [-0.2, -0.15) is 5.26 Å². The van der Waals surface area contributed by atoms with Crippen LogP contribution in [0.3, 0.4) is 0 Å². The average Bonchev–Trinajstić information content (AvgIpc) is 2.48. The first-order valence-corrected chi connectivity index (χ1v) is 6.12. The zero-order valence-electron chi connectivity index (χ0n) is 10.5. The van der Waals surface area contributed by atoms with Crippen LogP contribution in [0.1, 0.15) is 12.1 Å². The molecule has 0 unspecified atom stereocenters. The van der Waals surface area contributed by atoms with Crippen molar-refractivity contribution in [2.75, 3.05) is 38.2 Å². The predicted molar refractivity (Wildman–Crippen MR) is 67.3 cm³/mol. The summed E-state index contributed by atoms with van der Waals surface area (Å²) in [5, 5.41) is 11.6. The topological polar surface area (TPSA) is 91.1 Å². The van der Waals surface area contributed by atoms with E-state index in [2.05, 4.69) is 15.3 Å². The fourth-order valence-electron chi connectivity index (χ4n) is 1.76.